The van der Waals surface area contributed by atoms with Crippen molar-refractivity contribution >= 4 is 5.95 Å². The SMILES string of the molecule is [CH2]CCCCN1CCN(c2ncccn2)CC1. The molecular formula is C13H21N4. The lowest BCUT2D eigenvalue weighted by atomic mass is 10.2. The first kappa shape index (κ1) is 12.3. The molecular weight excluding hydrogens is 212 g/mol. The van der Waals surface area contributed by atoms with Crippen molar-refractivity contribution in [3.63, 3.8) is 0 Å². The largest absolute Gasteiger partial charge is 0.338 e. The third-order valence-corrected chi connectivity index (χ3v) is 3.18. The summed E-state index contributed by atoms with van der Waals surface area (Å²) in [6.45, 7) is 9.40. The van der Waals surface area contributed by atoms with Crippen molar-refractivity contribution in [3.05, 3.63) is 25.4 Å². The van der Waals surface area contributed by atoms with Crippen LogP contribution in [0.5, 0.6) is 0 Å². The predicted molar refractivity (Wildman–Crippen MR) is 69.9 cm³/mol. The average Bonchev–Trinajstić information content (AvgIpc) is 2.41. The van der Waals surface area contributed by atoms with Gasteiger partial charge in [0.1, 0.15) is 0 Å². The van der Waals surface area contributed by atoms with Crippen LogP contribution in [0.25, 0.3) is 0 Å². The van der Waals surface area contributed by atoms with Crippen LogP contribution < -0.4 is 4.90 Å². The van der Waals surface area contributed by atoms with E-state index in [2.05, 4.69) is 26.7 Å². The smallest absolute Gasteiger partial charge is 0.225 e. The van der Waals surface area contributed by atoms with E-state index in [0.29, 0.717) is 0 Å². The third-order valence-electron chi connectivity index (χ3n) is 3.18. The van der Waals surface area contributed by atoms with Gasteiger partial charge in [0, 0.05) is 38.6 Å². The number of anilines is 1. The quantitative estimate of drug-likeness (QED) is 0.723. The highest BCUT2D eigenvalue weighted by atomic mass is 15.3. The summed E-state index contributed by atoms with van der Waals surface area (Å²) >= 11 is 0. The van der Waals surface area contributed by atoms with Gasteiger partial charge in [-0.2, -0.15) is 0 Å². The highest BCUT2D eigenvalue weighted by Gasteiger charge is 2.17. The second-order valence-electron chi connectivity index (χ2n) is 4.44. The molecule has 4 heteroatoms. The van der Waals surface area contributed by atoms with Gasteiger partial charge < -0.3 is 4.90 Å². The van der Waals surface area contributed by atoms with Crippen molar-refractivity contribution in [2.75, 3.05) is 37.6 Å². The van der Waals surface area contributed by atoms with Gasteiger partial charge in [0.15, 0.2) is 0 Å². The van der Waals surface area contributed by atoms with E-state index in [1.54, 1.807) is 0 Å². The van der Waals surface area contributed by atoms with E-state index in [0.717, 1.165) is 38.5 Å². The Balaban J connectivity index is 1.74. The fourth-order valence-electron chi connectivity index (χ4n) is 2.14. The van der Waals surface area contributed by atoms with Gasteiger partial charge in [-0.15, -0.1) is 0 Å². The van der Waals surface area contributed by atoms with E-state index < -0.39 is 0 Å². The molecule has 0 amide bonds. The number of aromatic nitrogens is 2. The summed E-state index contributed by atoms with van der Waals surface area (Å²) in [6, 6.07) is 1.86. The maximum atomic E-state index is 4.29. The molecule has 0 N–H and O–H groups in total. The highest BCUT2D eigenvalue weighted by Crippen LogP contribution is 2.10. The molecule has 17 heavy (non-hydrogen) atoms. The molecule has 1 fully saturated rings. The van der Waals surface area contributed by atoms with E-state index >= 15 is 0 Å². The van der Waals surface area contributed by atoms with Crippen molar-refractivity contribution in [1.82, 2.24) is 14.9 Å². The van der Waals surface area contributed by atoms with E-state index in [1.165, 1.54) is 19.4 Å². The summed E-state index contributed by atoms with van der Waals surface area (Å²) in [5, 5.41) is 0. The fourth-order valence-corrected chi connectivity index (χ4v) is 2.14. The third kappa shape index (κ3) is 3.66. The van der Waals surface area contributed by atoms with Gasteiger partial charge in [-0.25, -0.2) is 9.97 Å². The molecule has 0 spiro atoms. The molecule has 2 heterocycles. The van der Waals surface area contributed by atoms with Crippen molar-refractivity contribution in [2.24, 2.45) is 0 Å². The molecule has 0 saturated carbocycles. The molecule has 1 aliphatic heterocycles. The molecule has 1 aromatic heterocycles. The minimum atomic E-state index is 0.866. The van der Waals surface area contributed by atoms with Crippen LogP contribution >= 0.6 is 0 Å². The van der Waals surface area contributed by atoms with Gasteiger partial charge in [0.25, 0.3) is 0 Å². The number of nitrogens with zero attached hydrogens (tertiary/aromatic N) is 4. The highest BCUT2D eigenvalue weighted by molar-refractivity contribution is 5.29. The zero-order chi connectivity index (χ0) is 11.9. The lowest BCUT2D eigenvalue weighted by molar-refractivity contribution is 0.252. The summed E-state index contributed by atoms with van der Waals surface area (Å²) in [4.78, 5) is 13.4. The number of unbranched alkanes of at least 4 members (excludes halogenated alkanes) is 2. The van der Waals surface area contributed by atoms with Gasteiger partial charge >= 0.3 is 0 Å². The molecule has 0 unspecified atom stereocenters. The molecule has 0 aliphatic carbocycles. The van der Waals surface area contributed by atoms with Crippen LogP contribution in [0.4, 0.5) is 5.95 Å². The molecule has 4 nitrogen and oxygen atoms in total. The summed E-state index contributed by atoms with van der Waals surface area (Å²) < 4.78 is 0. The van der Waals surface area contributed by atoms with Crippen molar-refractivity contribution < 1.29 is 0 Å². The molecule has 1 radical (unpaired) electrons. The Bertz CT molecular complexity index is 306. The Kier molecular flexibility index (Phi) is 4.74. The van der Waals surface area contributed by atoms with Crippen molar-refractivity contribution in [2.45, 2.75) is 19.3 Å². The molecule has 1 aliphatic rings. The Morgan fingerprint density at radius 2 is 1.76 bits per heavy atom. The van der Waals surface area contributed by atoms with Crippen LogP contribution in [-0.2, 0) is 0 Å². The van der Waals surface area contributed by atoms with Crippen LogP contribution in [0.3, 0.4) is 0 Å². The van der Waals surface area contributed by atoms with Crippen LogP contribution in [0.15, 0.2) is 18.5 Å². The van der Waals surface area contributed by atoms with Crippen molar-refractivity contribution in [3.8, 4) is 0 Å². The average molecular weight is 233 g/mol. The second-order valence-corrected chi connectivity index (χ2v) is 4.44. The first-order valence-electron chi connectivity index (χ1n) is 6.44. The number of hydrogen-bond donors (Lipinski definition) is 0. The fraction of sp³-hybridized carbons (Fsp3) is 0.615. The summed E-state index contributed by atoms with van der Waals surface area (Å²) in [5.74, 6) is 0.866. The van der Waals surface area contributed by atoms with E-state index in [-0.39, 0.29) is 0 Å². The first-order valence-corrected chi connectivity index (χ1v) is 6.44. The zero-order valence-corrected chi connectivity index (χ0v) is 10.4. The zero-order valence-electron chi connectivity index (χ0n) is 10.4. The molecule has 0 bridgehead atoms. The summed E-state index contributed by atoms with van der Waals surface area (Å²) in [7, 11) is 0. The predicted octanol–water partition coefficient (Wildman–Crippen LogP) is 1.60. The van der Waals surface area contributed by atoms with Gasteiger partial charge in [-0.1, -0.05) is 19.8 Å². The summed E-state index contributed by atoms with van der Waals surface area (Å²) in [5.41, 5.74) is 0. The van der Waals surface area contributed by atoms with E-state index in [9.17, 15) is 0 Å². The Morgan fingerprint density at radius 3 is 2.41 bits per heavy atom. The normalized spacial score (nSPS) is 17.4. The number of piperazine rings is 1. The Morgan fingerprint density at radius 1 is 1.06 bits per heavy atom. The van der Waals surface area contributed by atoms with Gasteiger partial charge in [0.05, 0.1) is 0 Å². The molecule has 2 rings (SSSR count). The number of rotatable bonds is 5. The lowest BCUT2D eigenvalue weighted by Crippen LogP contribution is -2.47. The Hall–Kier alpha value is -1.16. The molecule has 0 aromatic carbocycles. The topological polar surface area (TPSA) is 32.3 Å². The van der Waals surface area contributed by atoms with Gasteiger partial charge in [0.2, 0.25) is 5.95 Å². The van der Waals surface area contributed by atoms with Crippen LogP contribution in [0, 0.1) is 6.92 Å². The monoisotopic (exact) mass is 233 g/mol. The van der Waals surface area contributed by atoms with Gasteiger partial charge in [-0.05, 0) is 19.0 Å². The molecule has 93 valence electrons. The molecule has 1 saturated heterocycles. The van der Waals surface area contributed by atoms with Crippen LogP contribution in [0.2, 0.25) is 0 Å². The van der Waals surface area contributed by atoms with Crippen LogP contribution in [-0.4, -0.2) is 47.6 Å². The summed E-state index contributed by atoms with van der Waals surface area (Å²) in [6.07, 6.45) is 7.18. The number of hydrogen-bond acceptors (Lipinski definition) is 4. The van der Waals surface area contributed by atoms with Crippen molar-refractivity contribution in [1.29, 1.82) is 0 Å². The maximum Gasteiger partial charge on any atom is 0.225 e. The first-order chi connectivity index (χ1) is 8.40. The van der Waals surface area contributed by atoms with E-state index in [4.69, 9.17) is 0 Å². The van der Waals surface area contributed by atoms with E-state index in [1.807, 2.05) is 18.5 Å². The minimum Gasteiger partial charge on any atom is -0.338 e. The lowest BCUT2D eigenvalue weighted by Gasteiger charge is -2.34. The Labute approximate surface area is 104 Å². The second kappa shape index (κ2) is 6.55. The minimum absolute atomic E-state index is 0.866. The molecule has 0 atom stereocenters. The van der Waals surface area contributed by atoms with Gasteiger partial charge in [-0.3, -0.25) is 4.90 Å². The van der Waals surface area contributed by atoms with Crippen LogP contribution in [0.1, 0.15) is 19.3 Å². The standard InChI is InChI=1S/C13H21N4/c1-2-3-4-8-16-9-11-17(12-10-16)13-14-6-5-7-15-13/h5-7H,1-4,8-12H2. The maximum absolute atomic E-state index is 4.29. The molecule has 1 aromatic rings.